The highest BCUT2D eigenvalue weighted by molar-refractivity contribution is 14.1. The Hall–Kier alpha value is -2.04. The summed E-state index contributed by atoms with van der Waals surface area (Å²) in [6.07, 6.45) is 4.37. The number of aromatic nitrogens is 1. The van der Waals surface area contributed by atoms with Gasteiger partial charge in [0.2, 0.25) is 11.8 Å². The number of amides is 2. The van der Waals surface area contributed by atoms with Crippen LogP contribution in [0, 0.1) is 37.5 Å². The van der Waals surface area contributed by atoms with E-state index in [9.17, 15) is 9.59 Å². The predicted molar refractivity (Wildman–Crippen MR) is 187 cm³/mol. The van der Waals surface area contributed by atoms with Crippen molar-refractivity contribution in [3.63, 3.8) is 0 Å². The van der Waals surface area contributed by atoms with Crippen molar-refractivity contribution in [3.05, 3.63) is 58.4 Å². The predicted octanol–water partition coefficient (Wildman–Crippen LogP) is 6.33. The third-order valence-corrected chi connectivity index (χ3v) is 12.1. The minimum atomic E-state index is -0.0287. The number of hydrogen-bond acceptors (Lipinski definition) is 5. The van der Waals surface area contributed by atoms with Crippen LogP contribution in [0.4, 0.5) is 5.69 Å². The number of benzene rings is 1. The molecule has 0 spiro atoms. The first kappa shape index (κ1) is 33.3. The van der Waals surface area contributed by atoms with Gasteiger partial charge in [0.15, 0.2) is 0 Å². The molecule has 44 heavy (non-hydrogen) atoms. The Morgan fingerprint density at radius 1 is 1.02 bits per heavy atom. The summed E-state index contributed by atoms with van der Waals surface area (Å²) >= 11 is 2.42. The summed E-state index contributed by atoms with van der Waals surface area (Å²) in [6.45, 7) is 22.9. The molecule has 4 heterocycles. The standard InChI is InChI=1S/C36H52IN5O2/c1-25-9-10-32(19-31(25)20-37)42(34(44)30-12-17-40(18-13-30)29(5)43)16-8-15-39-21-35(6)23-41(24-36(35,7)22-39)28(4)33-26(2)11-14-38-27(33)3/h9-11,14,19,28,30H,8,12-13,15-18,20-24H2,1-7H3/t28?,35-,36+. The summed E-state index contributed by atoms with van der Waals surface area (Å²) in [6, 6.07) is 9.00. The van der Waals surface area contributed by atoms with Crippen molar-refractivity contribution >= 4 is 40.1 Å². The first-order chi connectivity index (χ1) is 20.9. The van der Waals surface area contributed by atoms with Crippen LogP contribution in [-0.2, 0) is 14.0 Å². The molecule has 3 fully saturated rings. The van der Waals surface area contributed by atoms with Crippen molar-refractivity contribution in [2.24, 2.45) is 16.7 Å². The van der Waals surface area contributed by atoms with Gasteiger partial charge in [0.25, 0.3) is 0 Å². The molecule has 8 heteroatoms. The van der Waals surface area contributed by atoms with Crippen LogP contribution in [0.25, 0.3) is 0 Å². The van der Waals surface area contributed by atoms with E-state index in [4.69, 9.17) is 0 Å². The number of pyridine rings is 1. The van der Waals surface area contributed by atoms with Gasteiger partial charge in [-0.2, -0.15) is 0 Å². The van der Waals surface area contributed by atoms with E-state index in [1.165, 1.54) is 22.3 Å². The molecule has 0 saturated carbocycles. The minimum absolute atomic E-state index is 0.0287. The van der Waals surface area contributed by atoms with Gasteiger partial charge in [0, 0.05) is 97.5 Å². The number of halogens is 1. The van der Waals surface area contributed by atoms with Crippen molar-refractivity contribution in [3.8, 4) is 0 Å². The highest BCUT2D eigenvalue weighted by atomic mass is 127. The van der Waals surface area contributed by atoms with Gasteiger partial charge in [-0.15, -0.1) is 0 Å². The van der Waals surface area contributed by atoms with E-state index in [-0.39, 0.29) is 28.6 Å². The van der Waals surface area contributed by atoms with Gasteiger partial charge in [-0.25, -0.2) is 0 Å². The van der Waals surface area contributed by atoms with Gasteiger partial charge in [-0.05, 0) is 94.0 Å². The van der Waals surface area contributed by atoms with E-state index >= 15 is 0 Å². The molecular weight excluding hydrogens is 661 g/mol. The van der Waals surface area contributed by atoms with Crippen molar-refractivity contribution in [2.45, 2.75) is 78.2 Å². The fraction of sp³-hybridized carbons (Fsp3) is 0.639. The maximum absolute atomic E-state index is 14.0. The van der Waals surface area contributed by atoms with E-state index in [1.54, 1.807) is 6.92 Å². The Balaban J connectivity index is 1.24. The van der Waals surface area contributed by atoms with Gasteiger partial charge >= 0.3 is 0 Å². The zero-order chi connectivity index (χ0) is 31.8. The maximum atomic E-state index is 14.0. The van der Waals surface area contributed by atoms with E-state index in [1.807, 2.05) is 11.1 Å². The molecule has 3 saturated heterocycles. The molecule has 1 aromatic carbocycles. The van der Waals surface area contributed by atoms with Crippen LogP contribution in [-0.4, -0.2) is 83.9 Å². The number of aryl methyl sites for hydroxylation is 3. The number of piperidine rings is 1. The molecule has 5 rings (SSSR count). The number of alkyl halides is 1. The van der Waals surface area contributed by atoms with Crippen LogP contribution in [0.3, 0.4) is 0 Å². The van der Waals surface area contributed by atoms with Gasteiger partial charge in [-0.1, -0.05) is 42.5 Å². The van der Waals surface area contributed by atoms with E-state index in [0.29, 0.717) is 19.1 Å². The monoisotopic (exact) mass is 713 g/mol. The van der Waals surface area contributed by atoms with Crippen LogP contribution in [0.1, 0.15) is 80.9 Å². The number of nitrogens with zero attached hydrogens (tertiary/aromatic N) is 5. The highest BCUT2D eigenvalue weighted by Gasteiger charge is 2.57. The normalized spacial score (nSPS) is 25.3. The number of carbonyl (C=O) groups excluding carboxylic acids is 2. The Morgan fingerprint density at radius 2 is 1.68 bits per heavy atom. The molecule has 3 aliphatic rings. The molecule has 1 unspecified atom stereocenters. The van der Waals surface area contributed by atoms with Crippen LogP contribution in [0.15, 0.2) is 30.5 Å². The lowest BCUT2D eigenvalue weighted by atomic mass is 9.71. The largest absolute Gasteiger partial charge is 0.343 e. The summed E-state index contributed by atoms with van der Waals surface area (Å²) in [4.78, 5) is 39.8. The highest BCUT2D eigenvalue weighted by Crippen LogP contribution is 2.53. The van der Waals surface area contributed by atoms with Gasteiger partial charge in [0.1, 0.15) is 0 Å². The SMILES string of the molecule is CC(=O)N1CCC(C(=O)N(CCCN2C[C@@]3(C)CN(C(C)c4c(C)ccnc4C)C[C@@]3(C)C2)c2ccc(C)c(CI)c2)CC1. The molecule has 0 aliphatic carbocycles. The van der Waals surface area contributed by atoms with Crippen molar-refractivity contribution in [1.82, 2.24) is 19.7 Å². The van der Waals surface area contributed by atoms with E-state index < -0.39 is 0 Å². The molecule has 3 atom stereocenters. The van der Waals surface area contributed by atoms with Crippen molar-refractivity contribution < 1.29 is 9.59 Å². The molecule has 2 amide bonds. The number of fused-ring (bicyclic) bond motifs is 1. The van der Waals surface area contributed by atoms with Gasteiger partial charge in [0.05, 0.1) is 0 Å². The average Bonchev–Trinajstić information content (AvgIpc) is 3.38. The molecule has 2 aromatic rings. The first-order valence-electron chi connectivity index (χ1n) is 16.5. The molecule has 0 radical (unpaired) electrons. The third-order valence-electron chi connectivity index (χ3n) is 11.3. The number of rotatable bonds is 9. The molecule has 1 aromatic heterocycles. The summed E-state index contributed by atoms with van der Waals surface area (Å²) in [5.74, 6) is 0.300. The lowest BCUT2D eigenvalue weighted by Crippen LogP contribution is -2.44. The van der Waals surface area contributed by atoms with Gasteiger partial charge < -0.3 is 14.7 Å². The van der Waals surface area contributed by atoms with Crippen molar-refractivity contribution in [1.29, 1.82) is 0 Å². The van der Waals surface area contributed by atoms with E-state index in [2.05, 4.69) is 108 Å². The lowest BCUT2D eigenvalue weighted by molar-refractivity contribution is -0.133. The lowest BCUT2D eigenvalue weighted by Gasteiger charge is -2.34. The van der Waals surface area contributed by atoms with E-state index in [0.717, 1.165) is 74.3 Å². The van der Waals surface area contributed by atoms with Crippen LogP contribution >= 0.6 is 22.6 Å². The fourth-order valence-electron chi connectivity index (χ4n) is 8.26. The second-order valence-corrected chi connectivity index (χ2v) is 15.2. The molecule has 0 N–H and O–H groups in total. The quantitative estimate of drug-likeness (QED) is 0.225. The topological polar surface area (TPSA) is 60.0 Å². The summed E-state index contributed by atoms with van der Waals surface area (Å²) in [7, 11) is 0. The molecule has 7 nitrogen and oxygen atoms in total. The average molecular weight is 714 g/mol. The molecule has 240 valence electrons. The zero-order valence-corrected chi connectivity index (χ0v) is 30.1. The van der Waals surface area contributed by atoms with Crippen LogP contribution < -0.4 is 4.90 Å². The molecular formula is C36H52IN5O2. The molecule has 0 bridgehead atoms. The second kappa shape index (κ2) is 13.4. The van der Waals surface area contributed by atoms with Crippen LogP contribution in [0.5, 0.6) is 0 Å². The number of likely N-dealkylation sites (tertiary alicyclic amines) is 3. The van der Waals surface area contributed by atoms with Crippen molar-refractivity contribution in [2.75, 3.05) is 57.3 Å². The Morgan fingerprint density at radius 3 is 2.27 bits per heavy atom. The smallest absolute Gasteiger partial charge is 0.230 e. The maximum Gasteiger partial charge on any atom is 0.230 e. The number of carbonyl (C=O) groups is 2. The fourth-order valence-corrected chi connectivity index (χ4v) is 9.08. The Labute approximate surface area is 278 Å². The summed E-state index contributed by atoms with van der Waals surface area (Å²) in [5, 5.41) is 0. The zero-order valence-electron chi connectivity index (χ0n) is 28.0. The van der Waals surface area contributed by atoms with Crippen LogP contribution in [0.2, 0.25) is 0 Å². The summed E-state index contributed by atoms with van der Waals surface area (Å²) in [5.41, 5.74) is 7.91. The Kier molecular flexibility index (Phi) is 10.1. The van der Waals surface area contributed by atoms with Gasteiger partial charge in [-0.3, -0.25) is 19.5 Å². The second-order valence-electron chi connectivity index (χ2n) is 14.4. The Bertz CT molecular complexity index is 1330. The number of hydrogen-bond donors (Lipinski definition) is 0. The molecule has 3 aliphatic heterocycles. The summed E-state index contributed by atoms with van der Waals surface area (Å²) < 4.78 is 0.928. The number of anilines is 1. The third kappa shape index (κ3) is 6.59. The minimum Gasteiger partial charge on any atom is -0.343 e. The first-order valence-corrected chi connectivity index (χ1v) is 18.0.